The van der Waals surface area contributed by atoms with Crippen molar-refractivity contribution in [3.63, 3.8) is 0 Å². The van der Waals surface area contributed by atoms with Crippen LogP contribution in [-0.2, 0) is 12.8 Å². The molecule has 2 aromatic heterocycles. The highest BCUT2D eigenvalue weighted by Crippen LogP contribution is 2.29. The van der Waals surface area contributed by atoms with Gasteiger partial charge in [0.15, 0.2) is 5.01 Å². The molecule has 1 amide bonds. The van der Waals surface area contributed by atoms with Gasteiger partial charge < -0.3 is 5.73 Å². The maximum atomic E-state index is 13.2. The Hall–Kier alpha value is -2.87. The molecule has 2 heterocycles. The summed E-state index contributed by atoms with van der Waals surface area (Å²) in [4.78, 5) is 28.6. The van der Waals surface area contributed by atoms with Crippen molar-refractivity contribution in [1.82, 2.24) is 14.8 Å². The predicted octanol–water partition coefficient (Wildman–Crippen LogP) is 3.36. The summed E-state index contributed by atoms with van der Waals surface area (Å²) in [5.74, 6) is -0.910. The van der Waals surface area contributed by atoms with Gasteiger partial charge in [0.2, 0.25) is 0 Å². The van der Waals surface area contributed by atoms with Crippen LogP contribution in [0.5, 0.6) is 0 Å². The first-order valence-corrected chi connectivity index (χ1v) is 9.81. The lowest BCUT2D eigenvalue weighted by Gasteiger charge is -2.09. The minimum absolute atomic E-state index is 0.00264. The number of carbonyl (C=O) groups excluding carboxylic acids is 1. The fraction of sp³-hybridized carbons (Fsp3) is 0.300. The average Bonchev–Trinajstić information content (AvgIpc) is 3.08. The maximum Gasteiger partial charge on any atom is 0.277 e. The summed E-state index contributed by atoms with van der Waals surface area (Å²) in [6, 6.07) is 9.27. The predicted molar refractivity (Wildman–Crippen MR) is 107 cm³/mol. The van der Waals surface area contributed by atoms with E-state index in [2.05, 4.69) is 10.1 Å². The molecule has 146 valence electrons. The van der Waals surface area contributed by atoms with E-state index in [4.69, 9.17) is 5.73 Å². The van der Waals surface area contributed by atoms with Crippen molar-refractivity contribution in [2.75, 3.05) is 0 Å². The van der Waals surface area contributed by atoms with Crippen LogP contribution < -0.4 is 11.3 Å². The first-order chi connectivity index (χ1) is 13.3. The number of amides is 1. The highest BCUT2D eigenvalue weighted by atomic mass is 32.1. The molecule has 0 saturated carbocycles. The topological polar surface area (TPSA) is 90.9 Å². The standard InChI is InChI=1S/C20H21FN4O2S/c1-12(2)25-17(26)11-10-15(24-25)4-3-5-16-18(23-20(28-16)19(22)27)13-6-8-14(21)9-7-13/h6-12H,3-5H2,1-2H3,(H2,22,27). The first-order valence-electron chi connectivity index (χ1n) is 8.99. The molecule has 0 radical (unpaired) electrons. The number of primary amides is 1. The van der Waals surface area contributed by atoms with E-state index in [-0.39, 0.29) is 22.4 Å². The van der Waals surface area contributed by atoms with E-state index in [0.29, 0.717) is 18.5 Å². The molecule has 0 aliphatic carbocycles. The Kier molecular flexibility index (Phi) is 5.99. The summed E-state index contributed by atoms with van der Waals surface area (Å²) in [6.07, 6.45) is 2.11. The molecule has 3 rings (SSSR count). The molecule has 0 atom stereocenters. The second-order valence-corrected chi connectivity index (χ2v) is 7.80. The van der Waals surface area contributed by atoms with Gasteiger partial charge in [-0.05, 0) is 63.4 Å². The summed E-state index contributed by atoms with van der Waals surface area (Å²) in [5.41, 5.74) is 7.49. The number of carbonyl (C=O) groups is 1. The quantitative estimate of drug-likeness (QED) is 0.658. The van der Waals surface area contributed by atoms with Gasteiger partial charge in [0, 0.05) is 16.5 Å². The number of benzene rings is 1. The monoisotopic (exact) mass is 400 g/mol. The summed E-state index contributed by atoms with van der Waals surface area (Å²) in [6.45, 7) is 3.83. The number of nitrogens with two attached hydrogens (primary N) is 1. The molecular weight excluding hydrogens is 379 g/mol. The van der Waals surface area contributed by atoms with E-state index in [9.17, 15) is 14.0 Å². The normalized spacial score (nSPS) is 11.1. The van der Waals surface area contributed by atoms with Crippen LogP contribution in [0.3, 0.4) is 0 Å². The van der Waals surface area contributed by atoms with Gasteiger partial charge in [0.05, 0.1) is 17.4 Å². The van der Waals surface area contributed by atoms with Gasteiger partial charge in [-0.3, -0.25) is 9.59 Å². The Morgan fingerprint density at radius 2 is 1.89 bits per heavy atom. The van der Waals surface area contributed by atoms with Crippen molar-refractivity contribution < 1.29 is 9.18 Å². The van der Waals surface area contributed by atoms with Crippen molar-refractivity contribution in [2.24, 2.45) is 5.73 Å². The molecule has 0 aliphatic heterocycles. The van der Waals surface area contributed by atoms with Gasteiger partial charge in [-0.15, -0.1) is 11.3 Å². The number of hydrogen-bond donors (Lipinski definition) is 1. The van der Waals surface area contributed by atoms with Crippen LogP contribution in [0.15, 0.2) is 41.2 Å². The van der Waals surface area contributed by atoms with Crippen LogP contribution in [0.2, 0.25) is 0 Å². The van der Waals surface area contributed by atoms with Gasteiger partial charge in [0.1, 0.15) is 5.82 Å². The summed E-state index contributed by atoms with van der Waals surface area (Å²) in [7, 11) is 0. The smallest absolute Gasteiger partial charge is 0.277 e. The Morgan fingerprint density at radius 1 is 1.18 bits per heavy atom. The zero-order valence-corrected chi connectivity index (χ0v) is 16.5. The molecule has 0 aliphatic rings. The lowest BCUT2D eigenvalue weighted by molar-refractivity contribution is 0.1000. The largest absolute Gasteiger partial charge is 0.364 e. The lowest BCUT2D eigenvalue weighted by Crippen LogP contribution is -2.24. The molecule has 2 N–H and O–H groups in total. The second-order valence-electron chi connectivity index (χ2n) is 6.72. The van der Waals surface area contributed by atoms with E-state index in [1.54, 1.807) is 18.2 Å². The van der Waals surface area contributed by atoms with Crippen LogP contribution in [0.25, 0.3) is 11.3 Å². The van der Waals surface area contributed by atoms with Gasteiger partial charge in [-0.25, -0.2) is 14.1 Å². The van der Waals surface area contributed by atoms with Crippen molar-refractivity contribution in [3.05, 3.63) is 68.1 Å². The van der Waals surface area contributed by atoms with Crippen LogP contribution in [0.4, 0.5) is 4.39 Å². The molecule has 0 unspecified atom stereocenters. The number of hydrogen-bond acceptors (Lipinski definition) is 5. The Morgan fingerprint density at radius 3 is 2.54 bits per heavy atom. The summed E-state index contributed by atoms with van der Waals surface area (Å²) >= 11 is 1.26. The van der Waals surface area contributed by atoms with Crippen LogP contribution in [0, 0.1) is 5.82 Å². The Balaban J connectivity index is 1.79. The van der Waals surface area contributed by atoms with E-state index in [1.807, 2.05) is 13.8 Å². The van der Waals surface area contributed by atoms with Gasteiger partial charge in [-0.1, -0.05) is 0 Å². The minimum atomic E-state index is -0.578. The Labute approximate surface area is 165 Å². The molecule has 3 aromatic rings. The van der Waals surface area contributed by atoms with Gasteiger partial charge in [-0.2, -0.15) is 5.10 Å². The highest BCUT2D eigenvalue weighted by Gasteiger charge is 2.16. The lowest BCUT2D eigenvalue weighted by atomic mass is 10.1. The molecule has 0 saturated heterocycles. The second kappa shape index (κ2) is 8.43. The summed E-state index contributed by atoms with van der Waals surface area (Å²) < 4.78 is 14.7. The minimum Gasteiger partial charge on any atom is -0.364 e. The first kappa shape index (κ1) is 19.9. The Bertz CT molecular complexity index is 1040. The van der Waals surface area contributed by atoms with Crippen molar-refractivity contribution >= 4 is 17.2 Å². The maximum absolute atomic E-state index is 13.2. The zero-order chi connectivity index (χ0) is 20.3. The van der Waals surface area contributed by atoms with E-state index in [0.717, 1.165) is 22.6 Å². The number of thiazole rings is 1. The number of nitrogens with zero attached hydrogens (tertiary/aromatic N) is 3. The third kappa shape index (κ3) is 4.51. The molecular formula is C20H21FN4O2S. The molecule has 8 heteroatoms. The van der Waals surface area contributed by atoms with Crippen LogP contribution in [-0.4, -0.2) is 20.7 Å². The fourth-order valence-electron chi connectivity index (χ4n) is 2.86. The highest BCUT2D eigenvalue weighted by molar-refractivity contribution is 7.14. The van der Waals surface area contributed by atoms with Crippen LogP contribution in [0.1, 0.15) is 46.7 Å². The number of aromatic nitrogens is 3. The third-order valence-electron chi connectivity index (χ3n) is 4.23. The van der Waals surface area contributed by atoms with Gasteiger partial charge >= 0.3 is 0 Å². The number of aryl methyl sites for hydroxylation is 2. The molecule has 1 aromatic carbocycles. The SMILES string of the molecule is CC(C)n1nc(CCCc2sc(C(N)=O)nc2-c2ccc(F)cc2)ccc1=O. The fourth-order valence-corrected chi connectivity index (χ4v) is 3.84. The van der Waals surface area contributed by atoms with Crippen LogP contribution >= 0.6 is 11.3 Å². The van der Waals surface area contributed by atoms with E-state index < -0.39 is 5.91 Å². The number of rotatable bonds is 7. The molecule has 0 spiro atoms. The van der Waals surface area contributed by atoms with Gasteiger partial charge in [0.25, 0.3) is 11.5 Å². The number of halogens is 1. The summed E-state index contributed by atoms with van der Waals surface area (Å²) in [5, 5.41) is 4.64. The zero-order valence-electron chi connectivity index (χ0n) is 15.7. The third-order valence-corrected chi connectivity index (χ3v) is 5.36. The molecule has 28 heavy (non-hydrogen) atoms. The van der Waals surface area contributed by atoms with Crippen molar-refractivity contribution in [1.29, 1.82) is 0 Å². The molecule has 0 bridgehead atoms. The van der Waals surface area contributed by atoms with E-state index >= 15 is 0 Å². The van der Waals surface area contributed by atoms with Crippen molar-refractivity contribution in [2.45, 2.75) is 39.2 Å². The van der Waals surface area contributed by atoms with E-state index in [1.165, 1.54) is 34.2 Å². The molecule has 6 nitrogen and oxygen atoms in total. The average molecular weight is 400 g/mol. The van der Waals surface area contributed by atoms with Crippen molar-refractivity contribution in [3.8, 4) is 11.3 Å². The molecule has 0 fully saturated rings.